The molecule has 0 bridgehead atoms. The lowest BCUT2D eigenvalue weighted by atomic mass is 9.94. The molecule has 0 N–H and O–H groups in total. The van der Waals surface area contributed by atoms with Crippen molar-refractivity contribution in [3.63, 3.8) is 0 Å². The summed E-state index contributed by atoms with van der Waals surface area (Å²) in [6.07, 6.45) is 0.151. The first-order valence-corrected chi connectivity index (χ1v) is 7.28. The van der Waals surface area contributed by atoms with Gasteiger partial charge in [0, 0.05) is 11.6 Å². The number of fused-ring (bicyclic) bond motifs is 1. The van der Waals surface area contributed by atoms with E-state index in [1.807, 2.05) is 12.1 Å². The fourth-order valence-electron chi connectivity index (χ4n) is 2.57. The van der Waals surface area contributed by atoms with Crippen LogP contribution in [0.1, 0.15) is 17.2 Å². The molecule has 0 fully saturated rings. The van der Waals surface area contributed by atoms with E-state index >= 15 is 0 Å². The van der Waals surface area contributed by atoms with Crippen LogP contribution in [0.2, 0.25) is 5.02 Å². The number of ether oxygens (including phenoxy) is 1. The van der Waals surface area contributed by atoms with Crippen LogP contribution in [0.4, 0.5) is 4.79 Å². The second-order valence-corrected chi connectivity index (χ2v) is 5.44. The van der Waals surface area contributed by atoms with Crippen LogP contribution < -0.4 is 4.74 Å². The molecule has 1 amide bonds. The third-order valence-electron chi connectivity index (χ3n) is 3.64. The predicted octanol–water partition coefficient (Wildman–Crippen LogP) is 3.96. The topological polar surface area (TPSA) is 53.3 Å². The van der Waals surface area contributed by atoms with Crippen LogP contribution in [0.25, 0.3) is 0 Å². The van der Waals surface area contributed by atoms with E-state index in [4.69, 9.17) is 16.3 Å². The Bertz CT molecular complexity index is 740. The minimum Gasteiger partial charge on any atom is -0.410 e. The highest BCUT2D eigenvalue weighted by molar-refractivity contribution is 6.30. The second kappa shape index (κ2) is 6.08. The molecular weight excluding hydrogens is 300 g/mol. The van der Waals surface area contributed by atoms with Crippen molar-refractivity contribution in [2.45, 2.75) is 12.5 Å². The van der Waals surface area contributed by atoms with Crippen molar-refractivity contribution < 1.29 is 9.53 Å². The number of carbonyl (C=O) groups is 1. The Morgan fingerprint density at radius 3 is 2.77 bits per heavy atom. The molecule has 0 saturated heterocycles. The summed E-state index contributed by atoms with van der Waals surface area (Å²) in [6, 6.07) is 15.8. The number of nitriles is 1. The first-order valence-electron chi connectivity index (χ1n) is 6.90. The van der Waals surface area contributed by atoms with E-state index in [-0.39, 0.29) is 0 Å². The summed E-state index contributed by atoms with van der Waals surface area (Å²) in [5, 5.41) is 10.0. The van der Waals surface area contributed by atoms with Crippen LogP contribution in [0.3, 0.4) is 0 Å². The van der Waals surface area contributed by atoms with Gasteiger partial charge in [-0.3, -0.25) is 4.90 Å². The van der Waals surface area contributed by atoms with Gasteiger partial charge in [0.25, 0.3) is 0 Å². The lowest BCUT2D eigenvalue weighted by Crippen LogP contribution is -2.41. The second-order valence-electron chi connectivity index (χ2n) is 5.00. The molecule has 1 aliphatic heterocycles. The van der Waals surface area contributed by atoms with Crippen molar-refractivity contribution in [3.05, 3.63) is 64.7 Å². The Balaban J connectivity index is 1.86. The number of amides is 1. The lowest BCUT2D eigenvalue weighted by molar-refractivity contribution is 0.139. The maximum Gasteiger partial charge on any atom is 0.416 e. The zero-order valence-electron chi connectivity index (χ0n) is 11.7. The van der Waals surface area contributed by atoms with Crippen molar-refractivity contribution in [2.75, 3.05) is 6.54 Å². The van der Waals surface area contributed by atoms with Crippen molar-refractivity contribution in [1.29, 1.82) is 5.26 Å². The monoisotopic (exact) mass is 312 g/mol. The maximum absolute atomic E-state index is 12.4. The van der Waals surface area contributed by atoms with Crippen molar-refractivity contribution in [3.8, 4) is 11.8 Å². The van der Waals surface area contributed by atoms with E-state index in [0.29, 0.717) is 23.7 Å². The molecule has 0 aliphatic carbocycles. The molecule has 1 heterocycles. The molecule has 0 spiro atoms. The van der Waals surface area contributed by atoms with Gasteiger partial charge in [0.05, 0.1) is 6.07 Å². The summed E-state index contributed by atoms with van der Waals surface area (Å²) in [5.41, 5.74) is 1.81. The minimum atomic E-state index is -0.682. The molecule has 4 nitrogen and oxygen atoms in total. The Hall–Kier alpha value is -2.51. The van der Waals surface area contributed by atoms with Crippen molar-refractivity contribution in [1.82, 2.24) is 4.90 Å². The molecule has 0 radical (unpaired) electrons. The average molecular weight is 313 g/mol. The molecule has 5 heteroatoms. The Morgan fingerprint density at radius 1 is 1.27 bits per heavy atom. The quantitative estimate of drug-likeness (QED) is 0.801. The smallest absolute Gasteiger partial charge is 0.410 e. The van der Waals surface area contributed by atoms with Crippen LogP contribution in [-0.2, 0) is 6.42 Å². The highest BCUT2D eigenvalue weighted by atomic mass is 35.5. The van der Waals surface area contributed by atoms with Gasteiger partial charge in [-0.25, -0.2) is 4.79 Å². The fraction of sp³-hybridized carbons (Fsp3) is 0.176. The van der Waals surface area contributed by atoms with Crippen LogP contribution in [-0.4, -0.2) is 17.5 Å². The number of carbonyl (C=O) groups excluding carboxylic acids is 1. The van der Waals surface area contributed by atoms with E-state index in [0.717, 1.165) is 11.1 Å². The summed E-state index contributed by atoms with van der Waals surface area (Å²) in [4.78, 5) is 13.8. The van der Waals surface area contributed by atoms with E-state index in [9.17, 15) is 10.1 Å². The van der Waals surface area contributed by atoms with Crippen LogP contribution in [0.15, 0.2) is 48.5 Å². The normalized spacial score (nSPS) is 16.5. The maximum atomic E-state index is 12.4. The SMILES string of the molecule is N#CC1c2cc(Cl)ccc2CCN1C(=O)Oc1ccccc1. The Morgan fingerprint density at radius 2 is 2.05 bits per heavy atom. The number of para-hydroxylation sites is 1. The molecule has 2 aromatic rings. The highest BCUT2D eigenvalue weighted by Crippen LogP contribution is 2.32. The van der Waals surface area contributed by atoms with Crippen LogP contribution in [0.5, 0.6) is 5.75 Å². The number of benzene rings is 2. The summed E-state index contributed by atoms with van der Waals surface area (Å²) in [6.45, 7) is 0.443. The molecule has 0 saturated carbocycles. The van der Waals surface area contributed by atoms with Crippen LogP contribution in [0, 0.1) is 11.3 Å². The van der Waals surface area contributed by atoms with E-state index in [1.165, 1.54) is 4.90 Å². The van der Waals surface area contributed by atoms with Gasteiger partial charge in [-0.2, -0.15) is 5.26 Å². The lowest BCUT2D eigenvalue weighted by Gasteiger charge is -2.32. The van der Waals surface area contributed by atoms with Gasteiger partial charge in [0.15, 0.2) is 0 Å². The number of rotatable bonds is 1. The van der Waals surface area contributed by atoms with Gasteiger partial charge in [-0.05, 0) is 41.8 Å². The van der Waals surface area contributed by atoms with Gasteiger partial charge in [0.1, 0.15) is 11.8 Å². The standard InChI is InChI=1S/C17H13ClN2O2/c18-13-7-6-12-8-9-20(16(11-19)15(12)10-13)17(21)22-14-4-2-1-3-5-14/h1-7,10,16H,8-9H2. The van der Waals surface area contributed by atoms with Crippen molar-refractivity contribution in [2.24, 2.45) is 0 Å². The third-order valence-corrected chi connectivity index (χ3v) is 3.88. The number of hydrogen-bond acceptors (Lipinski definition) is 3. The molecular formula is C17H13ClN2O2. The van der Waals surface area contributed by atoms with E-state index in [1.54, 1.807) is 36.4 Å². The number of hydrogen-bond donors (Lipinski definition) is 0. The van der Waals surface area contributed by atoms with Crippen molar-refractivity contribution >= 4 is 17.7 Å². The van der Waals surface area contributed by atoms with Gasteiger partial charge >= 0.3 is 6.09 Å². The molecule has 1 unspecified atom stereocenters. The zero-order valence-corrected chi connectivity index (χ0v) is 12.5. The third kappa shape index (κ3) is 2.76. The summed E-state index contributed by atoms with van der Waals surface area (Å²) in [7, 11) is 0. The summed E-state index contributed by atoms with van der Waals surface area (Å²) in [5.74, 6) is 0.459. The minimum absolute atomic E-state index is 0.443. The first-order chi connectivity index (χ1) is 10.7. The highest BCUT2D eigenvalue weighted by Gasteiger charge is 2.32. The summed E-state index contributed by atoms with van der Waals surface area (Å²) < 4.78 is 5.33. The number of nitrogens with zero attached hydrogens (tertiary/aromatic N) is 2. The van der Waals surface area contributed by atoms with E-state index in [2.05, 4.69) is 6.07 Å². The fourth-order valence-corrected chi connectivity index (χ4v) is 2.75. The molecule has 22 heavy (non-hydrogen) atoms. The molecule has 0 aromatic heterocycles. The largest absolute Gasteiger partial charge is 0.416 e. The van der Waals surface area contributed by atoms with Gasteiger partial charge in [-0.1, -0.05) is 35.9 Å². The number of halogens is 1. The zero-order chi connectivity index (χ0) is 15.5. The van der Waals surface area contributed by atoms with Gasteiger partial charge in [0.2, 0.25) is 0 Å². The predicted molar refractivity (Wildman–Crippen MR) is 82.7 cm³/mol. The Kier molecular flexibility index (Phi) is 3.99. The average Bonchev–Trinajstić information content (AvgIpc) is 2.54. The molecule has 1 atom stereocenters. The Labute approximate surface area is 133 Å². The molecule has 2 aromatic carbocycles. The molecule has 1 aliphatic rings. The molecule has 110 valence electrons. The summed E-state index contributed by atoms with van der Waals surface area (Å²) >= 11 is 6.01. The van der Waals surface area contributed by atoms with E-state index < -0.39 is 12.1 Å². The van der Waals surface area contributed by atoms with Gasteiger partial charge < -0.3 is 4.74 Å². The van der Waals surface area contributed by atoms with Crippen LogP contribution >= 0.6 is 11.6 Å². The molecule has 3 rings (SSSR count). The van der Waals surface area contributed by atoms with Gasteiger partial charge in [-0.15, -0.1) is 0 Å². The first kappa shape index (κ1) is 14.4.